The van der Waals surface area contributed by atoms with Gasteiger partial charge in [0.1, 0.15) is 0 Å². The molecule has 162 valence electrons. The molecule has 5 aliphatic rings. The number of anilines is 2. The first-order valence-corrected chi connectivity index (χ1v) is 12.0. The van der Waals surface area contributed by atoms with Crippen LogP contribution < -0.4 is 15.5 Å². The Morgan fingerprint density at radius 3 is 2.40 bits per heavy atom. The maximum absolute atomic E-state index is 12.9. The number of benzene rings is 1. The molecule has 0 radical (unpaired) electrons. The van der Waals surface area contributed by atoms with Crippen LogP contribution in [0.2, 0.25) is 5.02 Å². The third-order valence-corrected chi connectivity index (χ3v) is 8.02. The average molecular weight is 448 g/mol. The van der Waals surface area contributed by atoms with E-state index in [2.05, 4.69) is 15.5 Å². The van der Waals surface area contributed by atoms with Gasteiger partial charge in [0, 0.05) is 19.5 Å². The van der Waals surface area contributed by atoms with Crippen molar-refractivity contribution in [2.45, 2.75) is 44.9 Å². The van der Waals surface area contributed by atoms with Crippen molar-refractivity contribution in [1.29, 1.82) is 0 Å². The van der Waals surface area contributed by atoms with Crippen molar-refractivity contribution in [2.24, 2.45) is 23.2 Å². The lowest BCUT2D eigenvalue weighted by Crippen LogP contribution is -2.48. The Morgan fingerprint density at radius 2 is 1.77 bits per heavy atom. The quantitative estimate of drug-likeness (QED) is 0.661. The van der Waals surface area contributed by atoms with Crippen molar-refractivity contribution in [2.75, 3.05) is 36.5 Å². The van der Waals surface area contributed by atoms with Crippen molar-refractivity contribution in [3.05, 3.63) is 23.2 Å². The predicted molar refractivity (Wildman–Crippen MR) is 124 cm³/mol. The van der Waals surface area contributed by atoms with Gasteiger partial charge in [-0.05, 0) is 86.0 Å². The Bertz CT molecular complexity index is 804. The highest BCUT2D eigenvalue weighted by molar-refractivity contribution is 7.80. The van der Waals surface area contributed by atoms with Crippen LogP contribution in [0, 0.1) is 23.2 Å². The van der Waals surface area contributed by atoms with Gasteiger partial charge in [0.2, 0.25) is 5.91 Å². The lowest BCUT2D eigenvalue weighted by atomic mass is 9.49. The minimum Gasteiger partial charge on any atom is -0.378 e. The van der Waals surface area contributed by atoms with Gasteiger partial charge in [0.25, 0.3) is 0 Å². The Balaban J connectivity index is 1.22. The zero-order valence-electron chi connectivity index (χ0n) is 17.3. The number of thiocarbonyl (C=S) groups is 1. The highest BCUT2D eigenvalue weighted by Gasteiger charge is 2.51. The molecule has 5 fully saturated rings. The van der Waals surface area contributed by atoms with Crippen LogP contribution in [-0.2, 0) is 9.53 Å². The first kappa shape index (κ1) is 20.5. The standard InChI is InChI=1S/C23H30ClN3O2S/c24-18-2-1-3-19(21(18)27-4-6-29-7-5-27)25-22(30)26-20(28)14-23-11-15-8-16(12-23)10-17(9-15)13-23/h1-3,15-17H,4-14H2,(H2,25,26,28,30). The molecule has 0 spiro atoms. The van der Waals surface area contributed by atoms with Crippen molar-refractivity contribution >= 4 is 46.2 Å². The predicted octanol–water partition coefficient (Wildman–Crippen LogP) is 4.60. The summed E-state index contributed by atoms with van der Waals surface area (Å²) < 4.78 is 5.46. The Morgan fingerprint density at radius 1 is 1.13 bits per heavy atom. The summed E-state index contributed by atoms with van der Waals surface area (Å²) in [5, 5.41) is 7.19. The highest BCUT2D eigenvalue weighted by atomic mass is 35.5. The summed E-state index contributed by atoms with van der Waals surface area (Å²) in [7, 11) is 0. The number of ether oxygens (including phenoxy) is 1. The van der Waals surface area contributed by atoms with Gasteiger partial charge in [-0.2, -0.15) is 0 Å². The van der Waals surface area contributed by atoms with Crippen LogP contribution >= 0.6 is 23.8 Å². The van der Waals surface area contributed by atoms with Crippen LogP contribution in [0.5, 0.6) is 0 Å². The number of hydrogen-bond donors (Lipinski definition) is 2. The largest absolute Gasteiger partial charge is 0.378 e. The van der Waals surface area contributed by atoms with Gasteiger partial charge in [-0.3, -0.25) is 4.79 Å². The van der Waals surface area contributed by atoms with Gasteiger partial charge in [-0.1, -0.05) is 17.7 Å². The molecule has 4 saturated carbocycles. The fourth-order valence-corrected chi connectivity index (χ4v) is 7.41. The zero-order valence-corrected chi connectivity index (χ0v) is 18.9. The average Bonchev–Trinajstić information content (AvgIpc) is 2.67. The topological polar surface area (TPSA) is 53.6 Å². The number of para-hydroxylation sites is 1. The Kier molecular flexibility index (Phi) is 5.67. The lowest BCUT2D eigenvalue weighted by Gasteiger charge is -2.56. The van der Waals surface area contributed by atoms with E-state index in [0.29, 0.717) is 29.8 Å². The van der Waals surface area contributed by atoms with Crippen molar-refractivity contribution in [3.8, 4) is 0 Å². The van der Waals surface area contributed by atoms with Gasteiger partial charge in [0.05, 0.1) is 29.6 Å². The van der Waals surface area contributed by atoms with E-state index in [-0.39, 0.29) is 11.3 Å². The number of rotatable bonds is 4. The minimum absolute atomic E-state index is 0.0457. The van der Waals surface area contributed by atoms with E-state index in [9.17, 15) is 4.79 Å². The molecule has 30 heavy (non-hydrogen) atoms. The molecule has 7 heteroatoms. The van der Waals surface area contributed by atoms with E-state index in [4.69, 9.17) is 28.6 Å². The van der Waals surface area contributed by atoms with Crippen LogP contribution in [0.3, 0.4) is 0 Å². The van der Waals surface area contributed by atoms with Crippen LogP contribution in [-0.4, -0.2) is 37.3 Å². The number of amides is 1. The zero-order chi connectivity index (χ0) is 20.7. The first-order chi connectivity index (χ1) is 14.5. The van der Waals surface area contributed by atoms with Gasteiger partial charge in [-0.25, -0.2) is 0 Å². The van der Waals surface area contributed by atoms with Crippen molar-refractivity contribution < 1.29 is 9.53 Å². The summed E-state index contributed by atoms with van der Waals surface area (Å²) in [5.41, 5.74) is 1.95. The molecule has 0 aromatic heterocycles. The van der Waals surface area contributed by atoms with E-state index in [0.717, 1.165) is 42.2 Å². The smallest absolute Gasteiger partial charge is 0.226 e. The van der Waals surface area contributed by atoms with E-state index in [1.54, 1.807) is 0 Å². The number of morpholine rings is 1. The van der Waals surface area contributed by atoms with Crippen molar-refractivity contribution in [3.63, 3.8) is 0 Å². The SMILES string of the molecule is O=C(CC12CC3CC(CC(C3)C1)C2)NC(=S)Nc1cccc(Cl)c1N1CCOCC1. The molecule has 1 heterocycles. The first-order valence-electron chi connectivity index (χ1n) is 11.2. The molecule has 0 atom stereocenters. The number of hydrogen-bond acceptors (Lipinski definition) is 4. The lowest BCUT2D eigenvalue weighted by molar-refractivity contribution is -0.127. The molecule has 1 aliphatic heterocycles. The molecule has 1 saturated heterocycles. The molecule has 2 N–H and O–H groups in total. The number of carbonyl (C=O) groups is 1. The molecule has 1 aromatic carbocycles. The number of nitrogens with one attached hydrogen (secondary N) is 2. The minimum atomic E-state index is 0.0457. The van der Waals surface area contributed by atoms with E-state index < -0.39 is 0 Å². The second-order valence-electron chi connectivity index (χ2n) is 9.83. The summed E-state index contributed by atoms with van der Waals surface area (Å²) in [5.74, 6) is 2.58. The molecular weight excluding hydrogens is 418 g/mol. The van der Waals surface area contributed by atoms with Gasteiger partial charge < -0.3 is 20.3 Å². The van der Waals surface area contributed by atoms with E-state index in [1.165, 1.54) is 38.5 Å². The fourth-order valence-electron chi connectivity index (χ4n) is 6.90. The van der Waals surface area contributed by atoms with E-state index in [1.807, 2.05) is 18.2 Å². The van der Waals surface area contributed by atoms with Gasteiger partial charge in [-0.15, -0.1) is 0 Å². The van der Waals surface area contributed by atoms with Crippen LogP contribution in [0.1, 0.15) is 44.9 Å². The summed E-state index contributed by atoms with van der Waals surface area (Å²) in [4.78, 5) is 15.1. The van der Waals surface area contributed by atoms with Crippen LogP contribution in [0.15, 0.2) is 18.2 Å². The molecule has 4 aliphatic carbocycles. The van der Waals surface area contributed by atoms with Gasteiger partial charge >= 0.3 is 0 Å². The summed E-state index contributed by atoms with van der Waals surface area (Å²) >= 11 is 12.0. The Hall–Kier alpha value is -1.37. The molecule has 6 rings (SSSR count). The maximum Gasteiger partial charge on any atom is 0.226 e. The maximum atomic E-state index is 12.9. The monoisotopic (exact) mass is 447 g/mol. The van der Waals surface area contributed by atoms with E-state index >= 15 is 0 Å². The van der Waals surface area contributed by atoms with Crippen LogP contribution in [0.25, 0.3) is 0 Å². The summed E-state index contributed by atoms with van der Waals surface area (Å²) in [6, 6.07) is 5.73. The van der Waals surface area contributed by atoms with Gasteiger partial charge in [0.15, 0.2) is 5.11 Å². The molecule has 1 aromatic rings. The fraction of sp³-hybridized carbons (Fsp3) is 0.652. The molecule has 1 amide bonds. The number of nitrogens with zero attached hydrogens (tertiary/aromatic N) is 1. The summed E-state index contributed by atoms with van der Waals surface area (Å²) in [6.07, 6.45) is 8.44. The third kappa shape index (κ3) is 4.19. The molecule has 4 bridgehead atoms. The number of carbonyl (C=O) groups excluding carboxylic acids is 1. The number of halogens is 1. The second kappa shape index (κ2) is 8.29. The normalized spacial score (nSPS) is 32.2. The van der Waals surface area contributed by atoms with Crippen LogP contribution in [0.4, 0.5) is 11.4 Å². The van der Waals surface area contributed by atoms with Crippen molar-refractivity contribution in [1.82, 2.24) is 5.32 Å². The Labute approximate surface area is 188 Å². The highest BCUT2D eigenvalue weighted by Crippen LogP contribution is 2.61. The molecule has 5 nitrogen and oxygen atoms in total. The molecular formula is C23H30ClN3O2S. The summed E-state index contributed by atoms with van der Waals surface area (Å²) in [6.45, 7) is 2.92. The molecule has 0 unspecified atom stereocenters. The third-order valence-electron chi connectivity index (χ3n) is 7.52. The second-order valence-corrected chi connectivity index (χ2v) is 10.6.